The lowest BCUT2D eigenvalue weighted by Crippen LogP contribution is -2.21. The highest BCUT2D eigenvalue weighted by molar-refractivity contribution is 7.99. The summed E-state index contributed by atoms with van der Waals surface area (Å²) in [7, 11) is 3.38. The molecule has 0 unspecified atom stereocenters. The van der Waals surface area contributed by atoms with Crippen LogP contribution in [0.3, 0.4) is 0 Å². The van der Waals surface area contributed by atoms with Gasteiger partial charge in [-0.2, -0.15) is 4.98 Å². The predicted molar refractivity (Wildman–Crippen MR) is 101 cm³/mol. The fraction of sp³-hybridized carbons (Fsp3) is 0.222. The summed E-state index contributed by atoms with van der Waals surface area (Å²) in [5.74, 6) is 1.74. The van der Waals surface area contributed by atoms with E-state index in [1.165, 1.54) is 22.9 Å². The Morgan fingerprint density at radius 3 is 2.63 bits per heavy atom. The lowest BCUT2D eigenvalue weighted by molar-refractivity contribution is -0.113. The van der Waals surface area contributed by atoms with Crippen LogP contribution in [-0.2, 0) is 10.5 Å². The van der Waals surface area contributed by atoms with E-state index < -0.39 is 0 Å². The van der Waals surface area contributed by atoms with Gasteiger partial charge in [0.2, 0.25) is 17.6 Å². The monoisotopic (exact) mass is 386 g/mol. The summed E-state index contributed by atoms with van der Waals surface area (Å²) in [5.41, 5.74) is 1.20. The molecule has 2 amide bonds. The van der Waals surface area contributed by atoms with E-state index in [2.05, 4.69) is 15.5 Å². The van der Waals surface area contributed by atoms with Crippen LogP contribution in [0, 0.1) is 0 Å². The summed E-state index contributed by atoms with van der Waals surface area (Å²) in [6.45, 7) is 0. The Balaban J connectivity index is 1.45. The van der Waals surface area contributed by atoms with Crippen molar-refractivity contribution in [2.24, 2.45) is 0 Å². The molecule has 2 aromatic heterocycles. The van der Waals surface area contributed by atoms with Crippen molar-refractivity contribution in [1.82, 2.24) is 15.0 Å². The van der Waals surface area contributed by atoms with Crippen LogP contribution in [0.1, 0.15) is 16.2 Å². The molecule has 0 atom stereocenters. The maximum Gasteiger partial charge on any atom is 0.253 e. The molecule has 0 aliphatic carbocycles. The lowest BCUT2D eigenvalue weighted by atomic mass is 10.2. The van der Waals surface area contributed by atoms with E-state index in [1.807, 2.05) is 0 Å². The molecule has 0 aliphatic heterocycles. The van der Waals surface area contributed by atoms with E-state index in [0.717, 1.165) is 0 Å². The van der Waals surface area contributed by atoms with Gasteiger partial charge in [-0.15, -0.1) is 11.8 Å². The topological polar surface area (TPSA) is 101 Å². The van der Waals surface area contributed by atoms with Gasteiger partial charge in [0.15, 0.2) is 5.76 Å². The Kier molecular flexibility index (Phi) is 5.92. The smallest absolute Gasteiger partial charge is 0.253 e. The first-order chi connectivity index (χ1) is 13.0. The first-order valence-corrected chi connectivity index (χ1v) is 9.24. The third-order valence-corrected chi connectivity index (χ3v) is 4.41. The van der Waals surface area contributed by atoms with Gasteiger partial charge in [-0.25, -0.2) is 0 Å². The highest BCUT2D eigenvalue weighted by Gasteiger charge is 2.12. The summed E-state index contributed by atoms with van der Waals surface area (Å²) in [5, 5.41) is 6.62. The van der Waals surface area contributed by atoms with Crippen molar-refractivity contribution < 1.29 is 18.5 Å². The van der Waals surface area contributed by atoms with E-state index in [0.29, 0.717) is 34.5 Å². The first-order valence-electron chi connectivity index (χ1n) is 8.08. The summed E-state index contributed by atoms with van der Waals surface area (Å²) in [6.07, 6.45) is 1.54. The van der Waals surface area contributed by atoms with E-state index >= 15 is 0 Å². The molecule has 3 aromatic rings. The van der Waals surface area contributed by atoms with Gasteiger partial charge in [-0.1, -0.05) is 5.16 Å². The standard InChI is InChI=1S/C18H18N4O4S/c1-22(2)18(24)12-5-7-13(8-6-12)19-15(23)10-27-11-16-20-17(21-26-16)14-4-3-9-25-14/h3-9H,10-11H2,1-2H3,(H,19,23). The van der Waals surface area contributed by atoms with Crippen LogP contribution in [-0.4, -0.2) is 46.7 Å². The highest BCUT2D eigenvalue weighted by Crippen LogP contribution is 2.18. The molecule has 0 aliphatic rings. The Morgan fingerprint density at radius 1 is 1.19 bits per heavy atom. The van der Waals surface area contributed by atoms with Crippen LogP contribution in [0.15, 0.2) is 51.6 Å². The second-order valence-electron chi connectivity index (χ2n) is 5.81. The molecule has 3 rings (SSSR count). The number of carbonyl (C=O) groups excluding carboxylic acids is 2. The highest BCUT2D eigenvalue weighted by atomic mass is 32.2. The number of nitrogens with one attached hydrogen (secondary N) is 1. The number of thioether (sulfide) groups is 1. The second kappa shape index (κ2) is 8.54. The molecule has 0 spiro atoms. The number of hydrogen-bond donors (Lipinski definition) is 1. The molecule has 1 aromatic carbocycles. The zero-order chi connectivity index (χ0) is 19.2. The summed E-state index contributed by atoms with van der Waals surface area (Å²) >= 11 is 1.36. The minimum atomic E-state index is -0.155. The average molecular weight is 386 g/mol. The van der Waals surface area contributed by atoms with Gasteiger partial charge in [-0.05, 0) is 36.4 Å². The molecule has 140 valence electrons. The zero-order valence-electron chi connectivity index (χ0n) is 14.8. The second-order valence-corrected chi connectivity index (χ2v) is 6.79. The maximum atomic E-state index is 12.0. The van der Waals surface area contributed by atoms with Crippen LogP contribution >= 0.6 is 11.8 Å². The molecule has 0 bridgehead atoms. The molecular formula is C18H18N4O4S. The molecule has 9 heteroatoms. The Morgan fingerprint density at radius 2 is 1.96 bits per heavy atom. The SMILES string of the molecule is CN(C)C(=O)c1ccc(NC(=O)CSCc2nc(-c3ccco3)no2)cc1. The van der Waals surface area contributed by atoms with Crippen molar-refractivity contribution >= 4 is 29.3 Å². The van der Waals surface area contributed by atoms with E-state index in [1.54, 1.807) is 50.5 Å². The predicted octanol–water partition coefficient (Wildman–Crippen LogP) is 2.90. The quantitative estimate of drug-likeness (QED) is 0.666. The Labute approximate surface area is 159 Å². The Hall–Kier alpha value is -3.07. The van der Waals surface area contributed by atoms with E-state index in [4.69, 9.17) is 8.94 Å². The van der Waals surface area contributed by atoms with Gasteiger partial charge >= 0.3 is 0 Å². The fourth-order valence-corrected chi connectivity index (χ4v) is 2.85. The van der Waals surface area contributed by atoms with Crippen molar-refractivity contribution in [2.75, 3.05) is 25.2 Å². The summed E-state index contributed by atoms with van der Waals surface area (Å²) < 4.78 is 10.3. The molecule has 0 saturated heterocycles. The number of anilines is 1. The fourth-order valence-electron chi connectivity index (χ4n) is 2.20. The molecule has 0 saturated carbocycles. The van der Waals surface area contributed by atoms with Gasteiger partial charge in [0.05, 0.1) is 17.8 Å². The van der Waals surface area contributed by atoms with Gasteiger partial charge in [-0.3, -0.25) is 9.59 Å². The first kappa shape index (κ1) is 18.7. The van der Waals surface area contributed by atoms with Crippen LogP contribution in [0.25, 0.3) is 11.6 Å². The van der Waals surface area contributed by atoms with Gasteiger partial charge in [0, 0.05) is 25.3 Å². The summed E-state index contributed by atoms with van der Waals surface area (Å²) in [6, 6.07) is 10.2. The number of carbonyl (C=O) groups is 2. The van der Waals surface area contributed by atoms with Crippen LogP contribution in [0.5, 0.6) is 0 Å². The number of hydrogen-bond acceptors (Lipinski definition) is 7. The van der Waals surface area contributed by atoms with E-state index in [9.17, 15) is 9.59 Å². The number of furan rings is 1. The van der Waals surface area contributed by atoms with Crippen LogP contribution < -0.4 is 5.32 Å². The molecular weight excluding hydrogens is 368 g/mol. The Bertz CT molecular complexity index is 904. The maximum absolute atomic E-state index is 12.0. The molecule has 0 radical (unpaired) electrons. The normalized spacial score (nSPS) is 10.6. The molecule has 27 heavy (non-hydrogen) atoms. The largest absolute Gasteiger partial charge is 0.461 e. The molecule has 0 fully saturated rings. The summed E-state index contributed by atoms with van der Waals surface area (Å²) in [4.78, 5) is 29.6. The van der Waals surface area contributed by atoms with Crippen molar-refractivity contribution in [3.8, 4) is 11.6 Å². The van der Waals surface area contributed by atoms with Crippen LogP contribution in [0.4, 0.5) is 5.69 Å². The van der Waals surface area contributed by atoms with Crippen molar-refractivity contribution in [3.63, 3.8) is 0 Å². The molecule has 2 heterocycles. The van der Waals surface area contributed by atoms with Gasteiger partial charge in [0.1, 0.15) is 0 Å². The lowest BCUT2D eigenvalue weighted by Gasteiger charge is -2.10. The number of amides is 2. The molecule has 1 N–H and O–H groups in total. The van der Waals surface area contributed by atoms with Crippen LogP contribution in [0.2, 0.25) is 0 Å². The van der Waals surface area contributed by atoms with Crippen molar-refractivity contribution in [1.29, 1.82) is 0 Å². The van der Waals surface area contributed by atoms with E-state index in [-0.39, 0.29) is 17.6 Å². The number of rotatable bonds is 7. The number of nitrogens with zero attached hydrogens (tertiary/aromatic N) is 3. The zero-order valence-corrected chi connectivity index (χ0v) is 15.7. The number of aromatic nitrogens is 2. The van der Waals surface area contributed by atoms with Crippen molar-refractivity contribution in [2.45, 2.75) is 5.75 Å². The van der Waals surface area contributed by atoms with Gasteiger partial charge in [0.25, 0.3) is 5.91 Å². The van der Waals surface area contributed by atoms with Crippen molar-refractivity contribution in [3.05, 3.63) is 54.1 Å². The minimum absolute atomic E-state index is 0.0862. The third-order valence-electron chi connectivity index (χ3n) is 3.49. The van der Waals surface area contributed by atoms with Gasteiger partial charge < -0.3 is 19.2 Å². The average Bonchev–Trinajstić information content (AvgIpc) is 3.33. The molecule has 8 nitrogen and oxygen atoms in total. The third kappa shape index (κ3) is 4.98. The number of benzene rings is 1. The minimum Gasteiger partial charge on any atom is -0.461 e.